The first-order chi connectivity index (χ1) is 36.2. The number of ether oxygens (including phenoxy) is 6. The molecule has 1 amide bonds. The molecular weight excluding hydrogens is 939 g/mol. The number of carbonyl (C=O) groups excluding carboxylic acids is 3. The molecule has 16 nitrogen and oxygen atoms in total. The van der Waals surface area contributed by atoms with Crippen molar-refractivity contribution in [3.05, 3.63) is 11.9 Å². The van der Waals surface area contributed by atoms with Gasteiger partial charge < -0.3 is 55.5 Å². The van der Waals surface area contributed by atoms with E-state index in [1.807, 2.05) is 0 Å². The van der Waals surface area contributed by atoms with Crippen molar-refractivity contribution in [2.45, 2.75) is 239 Å². The van der Waals surface area contributed by atoms with Gasteiger partial charge in [-0.1, -0.05) is 143 Å². The monoisotopic (exact) mass is 1060 g/mol. The van der Waals surface area contributed by atoms with E-state index < -0.39 is 0 Å². The predicted octanol–water partition coefficient (Wildman–Crippen LogP) is 9.99. The van der Waals surface area contributed by atoms with Crippen LogP contribution < -0.4 is 27.9 Å². The first kappa shape index (κ1) is 71.4. The third-order valence-corrected chi connectivity index (χ3v) is 12.8. The maximum atomic E-state index is 12.9. The first-order valence-corrected chi connectivity index (χ1v) is 30.3. The normalized spacial score (nSPS) is 11.9. The molecule has 74 heavy (non-hydrogen) atoms. The fraction of sp³-hybridized carbons (Fsp3) is 0.914. The molecule has 0 bridgehead atoms. The number of amides is 1. The molecule has 0 aromatic carbocycles. The standard InChI is InChI=1S/C58H117N7O9/c1-5-9-13-27-43-69-49-54(50-70-44-28-14-10-6-2)73-57(67)33-23-19-17-21-25-40-64(47-53(60)48-65(61)42-35-56(66)63-39-32-38-62-37-31-36-59)41-26-22-18-20-24-34-58(68)74-55(51-71-45-29-15-11-7-3)52-72-46-30-16-12-8-4/h48,54-55,62H,5-47,49-52,59-61H2,1-4H3,(H,63,66)/b53-48-. The number of unbranched alkanes of at least 4 members (excludes halogenated alkanes) is 20. The highest BCUT2D eigenvalue weighted by Crippen LogP contribution is 2.13. The van der Waals surface area contributed by atoms with Gasteiger partial charge in [0.05, 0.1) is 26.4 Å². The van der Waals surface area contributed by atoms with E-state index in [1.165, 1.54) is 56.4 Å². The summed E-state index contributed by atoms with van der Waals surface area (Å²) in [5.74, 6) is 5.89. The third-order valence-electron chi connectivity index (χ3n) is 12.8. The number of nitrogens with two attached hydrogens (primary N) is 3. The zero-order chi connectivity index (χ0) is 54.2. The van der Waals surface area contributed by atoms with Crippen molar-refractivity contribution in [2.75, 3.05) is 105 Å². The summed E-state index contributed by atoms with van der Waals surface area (Å²) in [5.41, 5.74) is 12.8. The summed E-state index contributed by atoms with van der Waals surface area (Å²) in [6, 6.07) is 0. The molecule has 0 aliphatic heterocycles. The van der Waals surface area contributed by atoms with Crippen molar-refractivity contribution in [1.29, 1.82) is 0 Å². The molecule has 16 heteroatoms. The Labute approximate surface area is 453 Å². The van der Waals surface area contributed by atoms with Crippen LogP contribution in [0.5, 0.6) is 0 Å². The highest BCUT2D eigenvalue weighted by molar-refractivity contribution is 5.76. The number of carbonyl (C=O) groups is 3. The summed E-state index contributed by atoms with van der Waals surface area (Å²) in [5, 5.41) is 7.79. The van der Waals surface area contributed by atoms with Crippen LogP contribution in [0.4, 0.5) is 0 Å². The number of nitrogens with one attached hydrogen (secondary N) is 2. The zero-order valence-corrected chi connectivity index (χ0v) is 48.3. The largest absolute Gasteiger partial charge is 0.457 e. The Morgan fingerprint density at radius 3 is 1.28 bits per heavy atom. The lowest BCUT2D eigenvalue weighted by molar-refractivity contribution is -0.157. The first-order valence-electron chi connectivity index (χ1n) is 30.3. The molecule has 8 N–H and O–H groups in total. The van der Waals surface area contributed by atoms with Gasteiger partial charge in [-0.05, 0) is 96.9 Å². The number of rotatable bonds is 59. The van der Waals surface area contributed by atoms with Gasteiger partial charge in [0.25, 0.3) is 0 Å². The van der Waals surface area contributed by atoms with Gasteiger partial charge in [0, 0.05) is 77.2 Å². The van der Waals surface area contributed by atoms with Gasteiger partial charge in [-0.2, -0.15) is 0 Å². The molecule has 0 radical (unpaired) electrons. The van der Waals surface area contributed by atoms with Crippen LogP contribution in [0.15, 0.2) is 11.9 Å². The van der Waals surface area contributed by atoms with Crippen LogP contribution in [0.1, 0.15) is 227 Å². The summed E-state index contributed by atoms with van der Waals surface area (Å²) < 4.78 is 35.3. The molecule has 0 spiro atoms. The zero-order valence-electron chi connectivity index (χ0n) is 48.3. The van der Waals surface area contributed by atoms with Crippen LogP contribution in [-0.4, -0.2) is 145 Å². The van der Waals surface area contributed by atoms with E-state index in [9.17, 15) is 14.4 Å². The van der Waals surface area contributed by atoms with Crippen LogP contribution in [0.25, 0.3) is 0 Å². The lowest BCUT2D eigenvalue weighted by atomic mass is 10.1. The Balaban J connectivity index is 5.06. The second-order valence-electron chi connectivity index (χ2n) is 20.4. The van der Waals surface area contributed by atoms with Gasteiger partial charge in [-0.3, -0.25) is 19.3 Å². The quantitative estimate of drug-likeness (QED) is 0.0166. The van der Waals surface area contributed by atoms with Gasteiger partial charge >= 0.3 is 11.9 Å². The van der Waals surface area contributed by atoms with E-state index >= 15 is 0 Å². The summed E-state index contributed by atoms with van der Waals surface area (Å²) >= 11 is 0. The van der Waals surface area contributed by atoms with Crippen molar-refractivity contribution in [1.82, 2.24) is 20.5 Å². The summed E-state index contributed by atoms with van der Waals surface area (Å²) in [6.45, 7) is 18.7. The van der Waals surface area contributed by atoms with Crippen molar-refractivity contribution >= 4 is 17.8 Å². The van der Waals surface area contributed by atoms with Crippen molar-refractivity contribution in [3.63, 3.8) is 0 Å². The minimum Gasteiger partial charge on any atom is -0.457 e. The van der Waals surface area contributed by atoms with E-state index in [4.69, 9.17) is 45.7 Å². The Hall–Kier alpha value is -2.57. The smallest absolute Gasteiger partial charge is 0.306 e. The third kappa shape index (κ3) is 51.5. The van der Waals surface area contributed by atoms with Crippen LogP contribution in [-0.2, 0) is 42.8 Å². The van der Waals surface area contributed by atoms with Crippen molar-refractivity contribution in [2.24, 2.45) is 17.3 Å². The Kier molecular flexibility index (Phi) is 54.7. The lowest BCUT2D eigenvalue weighted by Gasteiger charge is -2.24. The fourth-order valence-electron chi connectivity index (χ4n) is 8.33. The average Bonchev–Trinajstić information content (AvgIpc) is 3.38. The predicted molar refractivity (Wildman–Crippen MR) is 303 cm³/mol. The van der Waals surface area contributed by atoms with Crippen LogP contribution in [0.2, 0.25) is 0 Å². The topological polar surface area (TPSA) is 215 Å². The maximum Gasteiger partial charge on any atom is 0.306 e. The van der Waals surface area contributed by atoms with Gasteiger partial charge in [-0.15, -0.1) is 0 Å². The number of hydrazine groups is 1. The van der Waals surface area contributed by atoms with Crippen LogP contribution in [0, 0.1) is 0 Å². The minimum absolute atomic E-state index is 0.0365. The molecule has 0 saturated heterocycles. The minimum atomic E-state index is -0.375. The second-order valence-corrected chi connectivity index (χ2v) is 20.4. The average molecular weight is 1060 g/mol. The van der Waals surface area contributed by atoms with E-state index in [1.54, 1.807) is 6.20 Å². The molecular formula is C58H117N7O9. The Bertz CT molecular complexity index is 1170. The number of esters is 2. The van der Waals surface area contributed by atoms with Gasteiger partial charge in [-0.25, -0.2) is 5.84 Å². The Morgan fingerprint density at radius 2 is 0.865 bits per heavy atom. The van der Waals surface area contributed by atoms with Gasteiger partial charge in [0.15, 0.2) is 0 Å². The Morgan fingerprint density at radius 1 is 0.473 bits per heavy atom. The van der Waals surface area contributed by atoms with E-state index in [0.29, 0.717) is 97.6 Å². The summed E-state index contributed by atoms with van der Waals surface area (Å²) in [4.78, 5) is 40.6. The lowest BCUT2D eigenvalue weighted by Crippen LogP contribution is -2.35. The maximum absolute atomic E-state index is 12.9. The van der Waals surface area contributed by atoms with Crippen LogP contribution >= 0.6 is 0 Å². The van der Waals surface area contributed by atoms with E-state index in [0.717, 1.165) is 155 Å². The van der Waals surface area contributed by atoms with Crippen LogP contribution in [0.3, 0.4) is 0 Å². The molecule has 0 rings (SSSR count). The highest BCUT2D eigenvalue weighted by Gasteiger charge is 2.17. The van der Waals surface area contributed by atoms with Gasteiger partial charge in [0.2, 0.25) is 5.91 Å². The molecule has 0 atom stereocenters. The second kappa shape index (κ2) is 56.6. The highest BCUT2D eigenvalue weighted by atomic mass is 16.6. The summed E-state index contributed by atoms with van der Waals surface area (Å²) in [7, 11) is 0. The van der Waals surface area contributed by atoms with Crippen molar-refractivity contribution in [3.8, 4) is 0 Å². The molecule has 0 aromatic rings. The fourth-order valence-corrected chi connectivity index (χ4v) is 8.33. The summed E-state index contributed by atoms with van der Waals surface area (Å²) in [6.07, 6.45) is 31.8. The van der Waals surface area contributed by atoms with E-state index in [2.05, 4.69) is 43.2 Å². The number of hydrogen-bond donors (Lipinski definition) is 5. The molecule has 0 heterocycles. The van der Waals surface area contributed by atoms with Crippen molar-refractivity contribution < 1.29 is 42.8 Å². The molecule has 0 aliphatic rings. The molecule has 0 aliphatic carbocycles. The van der Waals surface area contributed by atoms with Gasteiger partial charge in [0.1, 0.15) is 12.2 Å². The van der Waals surface area contributed by atoms with E-state index in [-0.39, 0.29) is 36.5 Å². The molecule has 0 aromatic heterocycles. The molecule has 438 valence electrons. The number of nitrogens with zero attached hydrogens (tertiary/aromatic N) is 2. The molecule has 0 saturated carbocycles. The molecule has 0 fully saturated rings. The number of hydrogen-bond acceptors (Lipinski definition) is 15. The SMILES string of the molecule is CCCCCCOCC(COCCCCCC)OC(=O)CCCCCCCN(CCCCCCCC(=O)OC(COCCCCCC)COCCCCCC)C/C(N)=C/N(N)CCC(=O)NCCCNCCCN. The molecule has 0 unspecified atom stereocenters.